The van der Waals surface area contributed by atoms with E-state index in [4.69, 9.17) is 0 Å². The average molecular weight is 416 g/mol. The number of halogens is 3. The summed E-state index contributed by atoms with van der Waals surface area (Å²) in [6, 6.07) is 17.0. The maximum absolute atomic E-state index is 12.8. The lowest BCUT2D eigenvalue weighted by molar-refractivity contribution is -0.0468. The molecule has 148 valence electrons. The Labute approximate surface area is 166 Å². The van der Waals surface area contributed by atoms with Gasteiger partial charge in [0.15, 0.2) is 0 Å². The van der Waals surface area contributed by atoms with Gasteiger partial charge in [-0.25, -0.2) is 4.31 Å². The lowest BCUT2D eigenvalue weighted by Crippen LogP contribution is -2.35. The molecule has 2 aliphatic carbocycles. The molecule has 2 heterocycles. The number of aromatic nitrogens is 1. The Bertz CT molecular complexity index is 1160. The molecule has 1 aromatic heterocycles. The van der Waals surface area contributed by atoms with Crippen LogP contribution >= 0.6 is 0 Å². The summed E-state index contributed by atoms with van der Waals surface area (Å²) in [6.07, 6.45) is 6.44. The smallest absolute Gasteiger partial charge is 0.256 e. The monoisotopic (exact) mass is 416 g/mol. The van der Waals surface area contributed by atoms with Gasteiger partial charge in [-0.05, 0) is 34.9 Å². The minimum absolute atomic E-state index is 0.190. The van der Waals surface area contributed by atoms with Gasteiger partial charge in [0.2, 0.25) is 0 Å². The van der Waals surface area contributed by atoms with Crippen molar-refractivity contribution in [2.24, 2.45) is 0 Å². The van der Waals surface area contributed by atoms with Crippen LogP contribution in [-0.2, 0) is 10.0 Å². The van der Waals surface area contributed by atoms with Crippen molar-refractivity contribution in [3.05, 3.63) is 90.9 Å². The van der Waals surface area contributed by atoms with E-state index in [-0.39, 0.29) is 4.31 Å². The molecule has 3 aliphatic rings. The number of rotatable bonds is 3. The Morgan fingerprint density at radius 3 is 2.24 bits per heavy atom. The Morgan fingerprint density at radius 1 is 0.897 bits per heavy atom. The van der Waals surface area contributed by atoms with Crippen LogP contribution in [0.25, 0.3) is 22.4 Å². The van der Waals surface area contributed by atoms with Crippen molar-refractivity contribution in [3.63, 3.8) is 0 Å². The van der Waals surface area contributed by atoms with E-state index in [2.05, 4.69) is 4.98 Å². The first-order valence-electron chi connectivity index (χ1n) is 8.68. The molecule has 4 nitrogen and oxygen atoms in total. The van der Waals surface area contributed by atoms with E-state index in [1.54, 1.807) is 12.3 Å². The Morgan fingerprint density at radius 2 is 1.59 bits per heavy atom. The number of hydrogen-bond acceptors (Lipinski definition) is 3. The van der Waals surface area contributed by atoms with E-state index < -0.39 is 21.4 Å². The van der Waals surface area contributed by atoms with Gasteiger partial charge in [-0.2, -0.15) is 21.6 Å². The Balaban J connectivity index is 1.80. The van der Waals surface area contributed by atoms with Gasteiger partial charge in [-0.1, -0.05) is 48.6 Å². The zero-order valence-corrected chi connectivity index (χ0v) is 15.7. The number of fused-ring (bicyclic) bond motifs is 1. The van der Waals surface area contributed by atoms with Crippen molar-refractivity contribution >= 4 is 10.0 Å². The van der Waals surface area contributed by atoms with Crippen LogP contribution in [-0.4, -0.2) is 23.2 Å². The third kappa shape index (κ3) is 3.40. The van der Waals surface area contributed by atoms with Crippen LogP contribution in [0.2, 0.25) is 0 Å². The summed E-state index contributed by atoms with van der Waals surface area (Å²) >= 11 is 0. The lowest BCUT2D eigenvalue weighted by atomic mass is 9.92. The van der Waals surface area contributed by atoms with Crippen LogP contribution in [0.15, 0.2) is 85.3 Å². The topological polar surface area (TPSA) is 50.3 Å². The molecule has 1 aliphatic heterocycles. The summed E-state index contributed by atoms with van der Waals surface area (Å²) in [6.45, 7) is 0. The quantitative estimate of drug-likeness (QED) is 0.595. The highest BCUT2D eigenvalue weighted by Crippen LogP contribution is 2.43. The minimum atomic E-state index is -5.46. The summed E-state index contributed by atoms with van der Waals surface area (Å²) in [5.74, 6) is -0.411. The van der Waals surface area contributed by atoms with Crippen LogP contribution in [0.5, 0.6) is 0 Å². The second-order valence-electron chi connectivity index (χ2n) is 6.46. The van der Waals surface area contributed by atoms with Gasteiger partial charge in [0.05, 0.1) is 5.69 Å². The highest BCUT2D eigenvalue weighted by molar-refractivity contribution is 7.90. The first-order valence-corrected chi connectivity index (χ1v) is 10.1. The van der Waals surface area contributed by atoms with Crippen LogP contribution in [0, 0.1) is 0 Å². The molecular formula is C21H15F3N2O2S. The summed E-state index contributed by atoms with van der Waals surface area (Å²) < 4.78 is 61.9. The van der Waals surface area contributed by atoms with Crippen LogP contribution < -0.4 is 0 Å². The average Bonchev–Trinajstić information content (AvgIpc) is 2.90. The summed E-state index contributed by atoms with van der Waals surface area (Å²) in [5.41, 5.74) is -1.06. The zero-order chi connectivity index (χ0) is 20.6. The first-order chi connectivity index (χ1) is 13.8. The van der Waals surface area contributed by atoms with Crippen LogP contribution in [0.3, 0.4) is 0 Å². The molecule has 0 amide bonds. The number of alkyl halides is 3. The highest BCUT2D eigenvalue weighted by atomic mass is 32.2. The third-order valence-corrected chi connectivity index (χ3v) is 6.06. The standard InChI is InChI=1S/C21H15F3N2O2S/c22-21(23,24)29(27,28)26-12-9-15(10-13-26)20-17-7-3-1-2-6-16(17)14-18(20)19-8-4-5-11-25-19/h1-15H. The molecule has 0 spiro atoms. The van der Waals surface area contributed by atoms with E-state index >= 15 is 0 Å². The van der Waals surface area contributed by atoms with Gasteiger partial charge in [0, 0.05) is 30.1 Å². The van der Waals surface area contributed by atoms with Gasteiger partial charge in [0.25, 0.3) is 0 Å². The number of allylic oxidation sites excluding steroid dienone is 2. The van der Waals surface area contributed by atoms with Crippen molar-refractivity contribution in [2.75, 3.05) is 0 Å². The van der Waals surface area contributed by atoms with Gasteiger partial charge in [-0.15, -0.1) is 0 Å². The number of hydrogen-bond donors (Lipinski definition) is 0. The summed E-state index contributed by atoms with van der Waals surface area (Å²) in [7, 11) is -5.46. The van der Waals surface area contributed by atoms with E-state index in [1.165, 1.54) is 12.2 Å². The fourth-order valence-electron chi connectivity index (χ4n) is 3.34. The third-order valence-electron chi connectivity index (χ3n) is 4.68. The molecule has 1 aromatic rings. The highest BCUT2D eigenvalue weighted by Gasteiger charge is 2.49. The van der Waals surface area contributed by atoms with Gasteiger partial charge in [-0.3, -0.25) is 4.98 Å². The predicted molar refractivity (Wildman–Crippen MR) is 104 cm³/mol. The SMILES string of the molecule is O=S(=O)(N1C=CC(c2c3cccccc-3cc2-c2ccccn2)C=C1)C(F)(F)F. The van der Waals surface area contributed by atoms with Crippen molar-refractivity contribution in [3.8, 4) is 22.4 Å². The Kier molecular flexibility index (Phi) is 4.66. The molecule has 0 N–H and O–H groups in total. The normalized spacial score (nSPS) is 15.2. The zero-order valence-electron chi connectivity index (χ0n) is 14.9. The molecule has 0 radical (unpaired) electrons. The maximum Gasteiger partial charge on any atom is 0.517 e. The Hall–Kier alpha value is -3.13. The molecule has 0 fully saturated rings. The van der Waals surface area contributed by atoms with Crippen molar-refractivity contribution in [2.45, 2.75) is 11.4 Å². The largest absolute Gasteiger partial charge is 0.517 e. The predicted octanol–water partition coefficient (Wildman–Crippen LogP) is 5.13. The van der Waals surface area contributed by atoms with Gasteiger partial charge in [0.1, 0.15) is 0 Å². The van der Waals surface area contributed by atoms with Gasteiger partial charge < -0.3 is 0 Å². The second kappa shape index (κ2) is 7.04. The van der Waals surface area contributed by atoms with E-state index in [9.17, 15) is 21.6 Å². The molecule has 29 heavy (non-hydrogen) atoms. The van der Waals surface area contributed by atoms with Crippen LogP contribution in [0.4, 0.5) is 13.2 Å². The molecule has 0 aromatic carbocycles. The van der Waals surface area contributed by atoms with Gasteiger partial charge >= 0.3 is 15.5 Å². The van der Waals surface area contributed by atoms with E-state index in [0.717, 1.165) is 40.3 Å². The van der Waals surface area contributed by atoms with E-state index in [0.29, 0.717) is 0 Å². The van der Waals surface area contributed by atoms with Crippen molar-refractivity contribution in [1.29, 1.82) is 0 Å². The molecule has 0 unspecified atom stereocenters. The minimum Gasteiger partial charge on any atom is -0.256 e. The number of pyridine rings is 1. The van der Waals surface area contributed by atoms with Crippen LogP contribution in [0.1, 0.15) is 11.5 Å². The van der Waals surface area contributed by atoms with Crippen molar-refractivity contribution < 1.29 is 21.6 Å². The van der Waals surface area contributed by atoms with Crippen molar-refractivity contribution in [1.82, 2.24) is 9.29 Å². The molecule has 8 heteroatoms. The molecule has 0 atom stereocenters. The fraction of sp³-hybridized carbons (Fsp3) is 0.0952. The molecule has 4 rings (SSSR count). The number of sulfonamides is 1. The fourth-order valence-corrected chi connectivity index (χ4v) is 4.04. The lowest BCUT2D eigenvalue weighted by Gasteiger charge is -2.23. The first kappa shape index (κ1) is 19.2. The summed E-state index contributed by atoms with van der Waals surface area (Å²) in [4.78, 5) is 4.40. The molecule has 0 bridgehead atoms. The van der Waals surface area contributed by atoms with E-state index in [1.807, 2.05) is 48.5 Å². The number of nitrogens with zero attached hydrogens (tertiary/aromatic N) is 2. The summed E-state index contributed by atoms with van der Waals surface area (Å²) in [5, 5.41) is 0. The molecular weight excluding hydrogens is 401 g/mol. The molecule has 0 saturated heterocycles. The maximum atomic E-state index is 12.8. The second-order valence-corrected chi connectivity index (χ2v) is 8.29. The molecule has 0 saturated carbocycles.